The summed E-state index contributed by atoms with van der Waals surface area (Å²) < 4.78 is 6.57. The number of hydrogen-bond donors (Lipinski definition) is 0. The normalized spacial score (nSPS) is 11.3. The minimum atomic E-state index is -1.35. The van der Waals surface area contributed by atoms with Gasteiger partial charge in [0, 0.05) is 29.9 Å². The van der Waals surface area contributed by atoms with Crippen molar-refractivity contribution in [1.82, 2.24) is 4.57 Å². The Balaban J connectivity index is 1.73. The van der Waals surface area contributed by atoms with Crippen molar-refractivity contribution in [3.8, 4) is 0 Å². The Morgan fingerprint density at radius 3 is 2.13 bits per heavy atom. The fourth-order valence-electron chi connectivity index (χ4n) is 4.95. The molecule has 0 radical (unpaired) electrons. The molecule has 0 unspecified atom stereocenters. The highest BCUT2D eigenvalue weighted by Gasteiger charge is 2.23. The molecule has 0 aliphatic rings. The van der Waals surface area contributed by atoms with Crippen LogP contribution in [0.2, 0.25) is 0 Å². The molecule has 1 aromatic heterocycles. The van der Waals surface area contributed by atoms with Gasteiger partial charge in [0.05, 0.1) is 23.8 Å². The predicted molar refractivity (Wildman–Crippen MR) is 154 cm³/mol. The van der Waals surface area contributed by atoms with E-state index in [1.807, 2.05) is 48.5 Å². The molecule has 3 rings (SSSR count). The molecule has 3 aromatic rings. The second kappa shape index (κ2) is 15.7. The quantitative estimate of drug-likeness (QED) is 0.0835. The average Bonchev–Trinajstić information content (AvgIpc) is 3.26. The number of para-hydroxylation sites is 1. The largest absolute Gasteiger partial charge is 0.543 e. The molecule has 0 bridgehead atoms. The third-order valence-corrected chi connectivity index (χ3v) is 6.97. The van der Waals surface area contributed by atoms with Crippen molar-refractivity contribution in [1.29, 1.82) is 0 Å². The second-order valence-electron chi connectivity index (χ2n) is 9.94. The van der Waals surface area contributed by atoms with Crippen LogP contribution in [0.25, 0.3) is 17.0 Å². The minimum absolute atomic E-state index is 0.0663. The molecule has 0 amide bonds. The third kappa shape index (κ3) is 8.67. The average molecular weight is 531 g/mol. The molecule has 0 aliphatic heterocycles. The Hall–Kier alpha value is -3.67. The van der Waals surface area contributed by atoms with Gasteiger partial charge in [-0.25, -0.2) is 4.79 Å². The Kier molecular flexibility index (Phi) is 12.0. The molecule has 0 saturated heterocycles. The van der Waals surface area contributed by atoms with Gasteiger partial charge in [0.25, 0.3) is 0 Å². The Labute approximate surface area is 231 Å². The molecule has 0 atom stereocenters. The smallest absolute Gasteiger partial charge is 0.330 e. The molecule has 0 fully saturated rings. The number of aromatic nitrogens is 1. The van der Waals surface area contributed by atoms with Crippen LogP contribution in [0.15, 0.2) is 54.6 Å². The SMILES string of the molecule is CCCCCCCCCCCC(=O)c1c(C(=O)[O-])n(Cc2ccc(/C=C/C(=O)OCC)cc2)c2ccccc12. The first-order chi connectivity index (χ1) is 19.0. The fraction of sp³-hybridized carbons (Fsp3) is 0.424. The van der Waals surface area contributed by atoms with Crippen LogP contribution in [0, 0.1) is 0 Å². The summed E-state index contributed by atoms with van der Waals surface area (Å²) in [5.41, 5.74) is 2.56. The van der Waals surface area contributed by atoms with Gasteiger partial charge < -0.3 is 19.2 Å². The van der Waals surface area contributed by atoms with Gasteiger partial charge >= 0.3 is 5.97 Å². The zero-order valence-corrected chi connectivity index (χ0v) is 23.2. The number of carboxylic acid groups (broad SMARTS) is 1. The molecule has 6 heteroatoms. The van der Waals surface area contributed by atoms with E-state index in [1.165, 1.54) is 44.6 Å². The molecular formula is C33H40NO5-. The van der Waals surface area contributed by atoms with Gasteiger partial charge in [0.15, 0.2) is 5.78 Å². The zero-order valence-electron chi connectivity index (χ0n) is 23.2. The van der Waals surface area contributed by atoms with Gasteiger partial charge in [0.1, 0.15) is 0 Å². The molecule has 0 spiro atoms. The van der Waals surface area contributed by atoms with Crippen molar-refractivity contribution in [3.05, 3.63) is 77.0 Å². The minimum Gasteiger partial charge on any atom is -0.543 e. The van der Waals surface area contributed by atoms with E-state index in [0.717, 1.165) is 30.4 Å². The van der Waals surface area contributed by atoms with Crippen LogP contribution < -0.4 is 5.11 Å². The van der Waals surface area contributed by atoms with E-state index in [2.05, 4.69) is 6.92 Å². The van der Waals surface area contributed by atoms with Crippen molar-refractivity contribution in [2.45, 2.75) is 84.6 Å². The molecule has 6 nitrogen and oxygen atoms in total. The molecule has 39 heavy (non-hydrogen) atoms. The van der Waals surface area contributed by atoms with Crippen LogP contribution in [0.1, 0.15) is 110 Å². The molecule has 208 valence electrons. The maximum absolute atomic E-state index is 13.3. The van der Waals surface area contributed by atoms with Gasteiger partial charge in [0.2, 0.25) is 0 Å². The number of carbonyl (C=O) groups excluding carboxylic acids is 3. The summed E-state index contributed by atoms with van der Waals surface area (Å²) in [5, 5.41) is 13.0. The molecule has 0 N–H and O–H groups in total. The highest BCUT2D eigenvalue weighted by molar-refractivity contribution is 6.15. The van der Waals surface area contributed by atoms with E-state index >= 15 is 0 Å². The fourth-order valence-corrected chi connectivity index (χ4v) is 4.95. The Bertz CT molecular complexity index is 1270. The number of esters is 1. The van der Waals surface area contributed by atoms with E-state index in [4.69, 9.17) is 4.74 Å². The van der Waals surface area contributed by atoms with Gasteiger partial charge in [-0.15, -0.1) is 0 Å². The highest BCUT2D eigenvalue weighted by atomic mass is 16.5. The number of carbonyl (C=O) groups is 3. The van der Waals surface area contributed by atoms with E-state index in [0.29, 0.717) is 23.9 Å². The number of benzene rings is 2. The number of Topliss-reactive ketones (excluding diaryl/α,β-unsaturated/α-hetero) is 1. The summed E-state index contributed by atoms with van der Waals surface area (Å²) in [6, 6.07) is 14.8. The number of aromatic carboxylic acids is 1. The van der Waals surface area contributed by atoms with E-state index in [9.17, 15) is 19.5 Å². The number of unbranched alkanes of at least 4 members (excludes halogenated alkanes) is 8. The van der Waals surface area contributed by atoms with Crippen LogP contribution in [0.5, 0.6) is 0 Å². The van der Waals surface area contributed by atoms with E-state index < -0.39 is 11.9 Å². The van der Waals surface area contributed by atoms with E-state index in [-0.39, 0.29) is 23.6 Å². The summed E-state index contributed by atoms with van der Waals surface area (Å²) in [5.74, 6) is -1.90. The van der Waals surface area contributed by atoms with Gasteiger partial charge in [-0.3, -0.25) is 4.79 Å². The lowest BCUT2D eigenvalue weighted by atomic mass is 10.0. The van der Waals surface area contributed by atoms with Gasteiger partial charge in [-0.2, -0.15) is 0 Å². The Morgan fingerprint density at radius 1 is 0.846 bits per heavy atom. The number of fused-ring (bicyclic) bond motifs is 1. The number of rotatable bonds is 17. The topological polar surface area (TPSA) is 88.4 Å². The van der Waals surface area contributed by atoms with Crippen molar-refractivity contribution >= 4 is 34.7 Å². The second-order valence-corrected chi connectivity index (χ2v) is 9.94. The predicted octanol–water partition coefficient (Wildman–Crippen LogP) is 6.73. The van der Waals surface area contributed by atoms with Crippen molar-refractivity contribution in [3.63, 3.8) is 0 Å². The molecule has 0 aliphatic carbocycles. The standard InChI is InChI=1S/C33H41NO5/c1-3-5-6-7-8-9-10-11-12-17-29(35)31-27-15-13-14-16-28(27)34(32(31)33(37)38)24-26-20-18-25(19-21-26)22-23-30(36)39-4-2/h13-16,18-23H,3-12,17,24H2,1-2H3,(H,37,38)/p-1/b23-22+. The molecular weight excluding hydrogens is 490 g/mol. The monoisotopic (exact) mass is 530 g/mol. The van der Waals surface area contributed by atoms with Crippen LogP contribution >= 0.6 is 0 Å². The van der Waals surface area contributed by atoms with Crippen LogP contribution in [-0.2, 0) is 16.1 Å². The maximum Gasteiger partial charge on any atom is 0.330 e. The van der Waals surface area contributed by atoms with Crippen molar-refractivity contribution < 1.29 is 24.2 Å². The third-order valence-electron chi connectivity index (χ3n) is 6.97. The maximum atomic E-state index is 13.3. The first-order valence-electron chi connectivity index (χ1n) is 14.3. The Morgan fingerprint density at radius 2 is 1.49 bits per heavy atom. The molecule has 1 heterocycles. The summed E-state index contributed by atoms with van der Waals surface area (Å²) in [6.45, 7) is 4.56. The number of hydrogen-bond acceptors (Lipinski definition) is 5. The van der Waals surface area contributed by atoms with Crippen LogP contribution in [-0.4, -0.2) is 28.9 Å². The lowest BCUT2D eigenvalue weighted by Crippen LogP contribution is -2.28. The van der Waals surface area contributed by atoms with Crippen LogP contribution in [0.4, 0.5) is 0 Å². The van der Waals surface area contributed by atoms with Crippen molar-refractivity contribution in [2.24, 2.45) is 0 Å². The number of ketones is 1. The lowest BCUT2D eigenvalue weighted by molar-refractivity contribution is -0.255. The number of carboxylic acids is 1. The summed E-state index contributed by atoms with van der Waals surface area (Å²) in [7, 11) is 0. The van der Waals surface area contributed by atoms with Gasteiger partial charge in [-0.1, -0.05) is 101 Å². The first kappa shape index (κ1) is 29.9. The number of nitrogens with zero attached hydrogens (tertiary/aromatic N) is 1. The van der Waals surface area contributed by atoms with Gasteiger partial charge in [-0.05, 0) is 36.6 Å². The molecule has 2 aromatic carbocycles. The van der Waals surface area contributed by atoms with Crippen LogP contribution in [0.3, 0.4) is 0 Å². The molecule has 0 saturated carbocycles. The van der Waals surface area contributed by atoms with E-state index in [1.54, 1.807) is 17.6 Å². The highest BCUT2D eigenvalue weighted by Crippen LogP contribution is 2.29. The lowest BCUT2D eigenvalue weighted by Gasteiger charge is -2.13. The summed E-state index contributed by atoms with van der Waals surface area (Å²) in [4.78, 5) is 37.2. The van der Waals surface area contributed by atoms with Crippen molar-refractivity contribution in [2.75, 3.05) is 6.61 Å². The summed E-state index contributed by atoms with van der Waals surface area (Å²) in [6.07, 6.45) is 13.7. The number of ether oxygens (including phenoxy) is 1. The first-order valence-corrected chi connectivity index (χ1v) is 14.3. The summed E-state index contributed by atoms with van der Waals surface area (Å²) >= 11 is 0. The zero-order chi connectivity index (χ0) is 28.0.